The Morgan fingerprint density at radius 2 is 1.67 bits per heavy atom. The second-order valence-electron chi connectivity index (χ2n) is 9.67. The average molecular weight is 575 g/mol. The number of primary amides is 1. The smallest absolute Gasteiger partial charge is 0.368 e. The Bertz CT molecular complexity index is 1440. The van der Waals surface area contributed by atoms with Crippen LogP contribution in [0.25, 0.3) is 11.3 Å². The van der Waals surface area contributed by atoms with Crippen LogP contribution in [0.1, 0.15) is 35.7 Å². The van der Waals surface area contributed by atoms with Crippen molar-refractivity contribution >= 4 is 34.9 Å². The van der Waals surface area contributed by atoms with E-state index in [9.17, 15) is 9.59 Å². The number of nitrogens with two attached hydrogens (primary N) is 1. The van der Waals surface area contributed by atoms with E-state index in [1.54, 1.807) is 24.3 Å². The first kappa shape index (κ1) is 28.4. The highest BCUT2D eigenvalue weighted by molar-refractivity contribution is 7.12. The largest absolute Gasteiger partial charge is 0.405 e. The van der Waals surface area contributed by atoms with Crippen molar-refractivity contribution in [3.63, 3.8) is 0 Å². The molecule has 0 saturated carbocycles. The lowest BCUT2D eigenvalue weighted by Crippen LogP contribution is -2.56. The minimum absolute atomic E-state index is 0.0458. The van der Waals surface area contributed by atoms with Gasteiger partial charge in [-0.15, -0.1) is 11.3 Å². The molecule has 11 heteroatoms. The highest BCUT2D eigenvalue weighted by atomic mass is 35.5. The van der Waals surface area contributed by atoms with Gasteiger partial charge >= 0.3 is 12.2 Å². The van der Waals surface area contributed by atoms with Gasteiger partial charge in [0.25, 0.3) is 0 Å². The molecule has 2 aromatic carbocycles. The van der Waals surface area contributed by atoms with E-state index in [0.717, 1.165) is 23.0 Å². The minimum atomic E-state index is -4.85. The van der Waals surface area contributed by atoms with Crippen LogP contribution in [-0.4, -0.2) is 28.6 Å². The number of carbonyl (C=O) groups is 2. The van der Waals surface area contributed by atoms with Crippen LogP contribution < -0.4 is 16.4 Å². The fraction of sp³-hybridized carbons (Fsp3) is 0.250. The Labute approximate surface area is 232 Å². The molecule has 1 unspecified atom stereocenters. The molecule has 1 aliphatic carbocycles. The predicted octanol–water partition coefficient (Wildman–Crippen LogP) is 6.17. The van der Waals surface area contributed by atoms with E-state index in [-0.39, 0.29) is 10.7 Å². The molecule has 0 fully saturated rings. The zero-order valence-corrected chi connectivity index (χ0v) is 22.7. The SMILES string of the molecule is CC(C)(NC(=O)NC1=CC=C(Cl)C(c2nc(-c3ccccc3)c(Cc3ccccc3)s2)(C(F)(F)F)C1)C(N)=O. The maximum atomic E-state index is 15.0. The Morgan fingerprint density at radius 3 is 2.26 bits per heavy atom. The van der Waals surface area contributed by atoms with Crippen molar-refractivity contribution in [1.82, 2.24) is 15.6 Å². The molecule has 1 aromatic heterocycles. The highest BCUT2D eigenvalue weighted by Gasteiger charge is 2.61. The average Bonchev–Trinajstić information content (AvgIpc) is 3.29. The number of carbonyl (C=O) groups excluding carboxylic acids is 2. The molecule has 204 valence electrons. The topological polar surface area (TPSA) is 97.1 Å². The molecule has 1 aliphatic rings. The highest BCUT2D eigenvalue weighted by Crippen LogP contribution is 2.55. The van der Waals surface area contributed by atoms with Crippen LogP contribution in [0.2, 0.25) is 0 Å². The third-order valence-corrected chi connectivity index (χ3v) is 8.08. The summed E-state index contributed by atoms with van der Waals surface area (Å²) in [5.74, 6) is -0.801. The summed E-state index contributed by atoms with van der Waals surface area (Å²) in [6.45, 7) is 2.77. The number of amides is 3. The van der Waals surface area contributed by atoms with Crippen molar-refractivity contribution in [3.05, 3.63) is 99.0 Å². The van der Waals surface area contributed by atoms with E-state index < -0.39 is 40.5 Å². The number of hydrogen-bond acceptors (Lipinski definition) is 4. The number of aromatic nitrogens is 1. The molecular weight excluding hydrogens is 549 g/mol. The second-order valence-corrected chi connectivity index (χ2v) is 11.2. The number of urea groups is 1. The number of allylic oxidation sites excluding steroid dienone is 4. The fourth-order valence-corrected chi connectivity index (χ4v) is 5.87. The Hall–Kier alpha value is -3.63. The van der Waals surface area contributed by atoms with Crippen LogP contribution in [0.3, 0.4) is 0 Å². The Balaban J connectivity index is 1.76. The molecule has 0 saturated heterocycles. The summed E-state index contributed by atoms with van der Waals surface area (Å²) in [5.41, 5.74) is 3.19. The monoisotopic (exact) mass is 574 g/mol. The summed E-state index contributed by atoms with van der Waals surface area (Å²) in [5, 5.41) is 4.10. The first-order valence-corrected chi connectivity index (χ1v) is 13.1. The third-order valence-electron chi connectivity index (χ3n) is 6.41. The van der Waals surface area contributed by atoms with Gasteiger partial charge in [0.2, 0.25) is 5.91 Å². The molecule has 39 heavy (non-hydrogen) atoms. The molecule has 0 radical (unpaired) electrons. The number of nitrogens with one attached hydrogen (secondary N) is 2. The van der Waals surface area contributed by atoms with E-state index in [1.807, 2.05) is 36.4 Å². The molecular formula is C28H26ClF3N4O2S. The first-order valence-electron chi connectivity index (χ1n) is 12.0. The Kier molecular flexibility index (Phi) is 7.90. The maximum Gasteiger partial charge on any atom is 0.405 e. The molecule has 0 aliphatic heterocycles. The van der Waals surface area contributed by atoms with Crippen molar-refractivity contribution in [2.45, 2.75) is 43.8 Å². The van der Waals surface area contributed by atoms with E-state index in [1.165, 1.54) is 19.9 Å². The van der Waals surface area contributed by atoms with Gasteiger partial charge in [-0.2, -0.15) is 13.2 Å². The van der Waals surface area contributed by atoms with Crippen LogP contribution in [0.4, 0.5) is 18.0 Å². The van der Waals surface area contributed by atoms with E-state index in [0.29, 0.717) is 22.6 Å². The number of thiazole rings is 1. The van der Waals surface area contributed by atoms with Gasteiger partial charge in [-0.3, -0.25) is 4.79 Å². The molecule has 0 bridgehead atoms. The molecule has 3 amide bonds. The number of nitrogens with zero attached hydrogens (tertiary/aromatic N) is 1. The molecule has 4 rings (SSSR count). The van der Waals surface area contributed by atoms with Crippen molar-refractivity contribution in [1.29, 1.82) is 0 Å². The van der Waals surface area contributed by atoms with Crippen molar-refractivity contribution in [3.8, 4) is 11.3 Å². The second kappa shape index (κ2) is 10.9. The van der Waals surface area contributed by atoms with Gasteiger partial charge in [0.1, 0.15) is 10.5 Å². The summed E-state index contributed by atoms with van der Waals surface area (Å²) in [4.78, 5) is 29.3. The molecule has 4 N–H and O–H groups in total. The van der Waals surface area contributed by atoms with Gasteiger partial charge in [-0.05, 0) is 31.6 Å². The van der Waals surface area contributed by atoms with Gasteiger partial charge in [-0.1, -0.05) is 72.3 Å². The van der Waals surface area contributed by atoms with Gasteiger partial charge in [-0.25, -0.2) is 9.78 Å². The fourth-order valence-electron chi connectivity index (χ4n) is 4.14. The van der Waals surface area contributed by atoms with E-state index in [4.69, 9.17) is 17.3 Å². The van der Waals surface area contributed by atoms with Crippen molar-refractivity contribution in [2.75, 3.05) is 0 Å². The molecule has 1 atom stereocenters. The van der Waals surface area contributed by atoms with E-state index in [2.05, 4.69) is 15.6 Å². The van der Waals surface area contributed by atoms with E-state index >= 15 is 13.2 Å². The summed E-state index contributed by atoms with van der Waals surface area (Å²) in [6, 6.07) is 17.5. The number of benzene rings is 2. The van der Waals surface area contributed by atoms with Crippen molar-refractivity contribution in [2.24, 2.45) is 5.73 Å². The third kappa shape index (κ3) is 5.86. The zero-order valence-electron chi connectivity index (χ0n) is 21.1. The van der Waals surface area contributed by atoms with Gasteiger partial charge < -0.3 is 16.4 Å². The number of halogens is 4. The lowest BCUT2D eigenvalue weighted by atomic mass is 9.79. The molecule has 0 spiro atoms. The van der Waals surface area contributed by atoms with Gasteiger partial charge in [0.15, 0.2) is 5.41 Å². The van der Waals surface area contributed by atoms with Crippen LogP contribution in [0, 0.1) is 0 Å². The lowest BCUT2D eigenvalue weighted by Gasteiger charge is -2.36. The zero-order chi connectivity index (χ0) is 28.4. The van der Waals surface area contributed by atoms with Crippen LogP contribution in [0.5, 0.6) is 0 Å². The molecule has 6 nitrogen and oxygen atoms in total. The minimum Gasteiger partial charge on any atom is -0.368 e. The van der Waals surface area contributed by atoms with Gasteiger partial charge in [0, 0.05) is 34.0 Å². The van der Waals surface area contributed by atoms with Crippen LogP contribution >= 0.6 is 22.9 Å². The summed E-state index contributed by atoms with van der Waals surface area (Å²) in [7, 11) is 0. The maximum absolute atomic E-state index is 15.0. The number of alkyl halides is 3. The lowest BCUT2D eigenvalue weighted by molar-refractivity contribution is -0.177. The number of rotatable bonds is 7. The van der Waals surface area contributed by atoms with Crippen LogP contribution in [0.15, 0.2) is 83.5 Å². The van der Waals surface area contributed by atoms with Gasteiger partial charge in [0.05, 0.1) is 5.69 Å². The number of hydrogen-bond donors (Lipinski definition) is 3. The molecule has 3 aromatic rings. The van der Waals surface area contributed by atoms with Crippen LogP contribution in [-0.2, 0) is 16.6 Å². The first-order chi connectivity index (χ1) is 18.3. The van der Waals surface area contributed by atoms with Crippen molar-refractivity contribution < 1.29 is 22.8 Å². The summed E-state index contributed by atoms with van der Waals surface area (Å²) in [6.07, 6.45) is -2.74. The quantitative estimate of drug-likeness (QED) is 0.315. The summed E-state index contributed by atoms with van der Waals surface area (Å²) >= 11 is 7.30. The normalized spacial score (nSPS) is 17.7. The summed E-state index contributed by atoms with van der Waals surface area (Å²) < 4.78 is 45.0. The predicted molar refractivity (Wildman–Crippen MR) is 146 cm³/mol. The Morgan fingerprint density at radius 1 is 1.05 bits per heavy atom. The molecule has 1 heterocycles. The standard InChI is InChI=1S/C28H26ClF3N4O2S/c1-26(2,23(33)37)36-25(38)34-19-13-14-21(29)27(16-19,28(30,31)32)24-35-22(18-11-7-4-8-12-18)20(39-24)15-17-9-5-3-6-10-17/h3-14H,15-16H2,1-2H3,(H2,33,37)(H2,34,36,38).